The zero-order chi connectivity index (χ0) is 26.7. The van der Waals surface area contributed by atoms with Gasteiger partial charge in [0.1, 0.15) is 6.10 Å². The van der Waals surface area contributed by atoms with Crippen molar-refractivity contribution in [3.05, 3.63) is 108 Å². The lowest BCUT2D eigenvalue weighted by Crippen LogP contribution is -2.27. The highest BCUT2D eigenvalue weighted by Gasteiger charge is 2.22. The Morgan fingerprint density at radius 2 is 1.55 bits per heavy atom. The molecule has 38 heavy (non-hydrogen) atoms. The molecule has 4 aromatic rings. The number of carbonyl (C=O) groups is 2. The zero-order valence-corrected chi connectivity index (χ0v) is 22.3. The van der Waals surface area contributed by atoms with Crippen LogP contribution in [0.15, 0.2) is 91.1 Å². The van der Waals surface area contributed by atoms with Crippen molar-refractivity contribution < 1.29 is 19.1 Å². The van der Waals surface area contributed by atoms with E-state index in [1.165, 1.54) is 11.1 Å². The lowest BCUT2D eigenvalue weighted by molar-refractivity contribution is -0.135. The highest BCUT2D eigenvalue weighted by atomic mass is 16.5. The summed E-state index contributed by atoms with van der Waals surface area (Å²) in [7, 11) is 0. The molecule has 2 aromatic carbocycles. The Hall–Kier alpha value is -3.70. The lowest BCUT2D eigenvalue weighted by Gasteiger charge is -2.17. The van der Waals surface area contributed by atoms with Crippen LogP contribution in [0, 0.1) is 5.92 Å². The normalized spacial score (nSPS) is 12.1. The molecule has 0 aliphatic heterocycles. The predicted molar refractivity (Wildman–Crippen MR) is 151 cm³/mol. The topological polar surface area (TPSA) is 57.0 Å². The van der Waals surface area contributed by atoms with Gasteiger partial charge in [-0.05, 0) is 67.3 Å². The van der Waals surface area contributed by atoms with Crippen LogP contribution < -0.4 is 4.74 Å². The number of fused-ring (bicyclic) bond motifs is 1. The molecule has 1 atom stereocenters. The van der Waals surface area contributed by atoms with E-state index in [0.717, 1.165) is 31.2 Å². The zero-order valence-electron chi connectivity index (χ0n) is 22.3. The molecular weight excluding hydrogens is 474 g/mol. The van der Waals surface area contributed by atoms with E-state index in [9.17, 15) is 9.59 Å². The van der Waals surface area contributed by atoms with Gasteiger partial charge in [0.25, 0.3) is 0 Å². The number of esters is 1. The number of ketones is 1. The standard InChI is InChI=1S/C33H37NO4/c1-25(2)24-27-16-14-26(15-17-27)10-7-9-23-37-30(33(36)28-11-4-3-5-12-28)19-21-32(35)38-31-20-18-29-13-6-8-22-34(29)31/h3-6,8,11-18,20,22,25,30H,7,9-10,19,21,23-24H2,1-2H3. The van der Waals surface area contributed by atoms with Crippen LogP contribution in [0.5, 0.6) is 5.88 Å². The molecule has 0 spiro atoms. The second-order valence-electron chi connectivity index (χ2n) is 10.1. The molecule has 0 bridgehead atoms. The Labute approximate surface area is 225 Å². The SMILES string of the molecule is CC(C)Cc1ccc(CCCCOC(CCC(=O)Oc2ccc3ccccn23)C(=O)c2ccccc2)cc1. The van der Waals surface area contributed by atoms with Crippen molar-refractivity contribution >= 4 is 17.3 Å². The van der Waals surface area contributed by atoms with Gasteiger partial charge in [0, 0.05) is 36.4 Å². The molecule has 0 saturated carbocycles. The number of carbonyl (C=O) groups excluding carboxylic acids is 2. The fourth-order valence-electron chi connectivity index (χ4n) is 4.58. The summed E-state index contributed by atoms with van der Waals surface area (Å²) in [5.74, 6) is 0.631. The molecule has 2 heterocycles. The van der Waals surface area contributed by atoms with Gasteiger partial charge in [-0.1, -0.05) is 74.5 Å². The minimum atomic E-state index is -0.690. The predicted octanol–water partition coefficient (Wildman–Crippen LogP) is 7.11. The first kappa shape index (κ1) is 27.3. The van der Waals surface area contributed by atoms with Crippen molar-refractivity contribution in [1.29, 1.82) is 0 Å². The van der Waals surface area contributed by atoms with Crippen LogP contribution in [0.25, 0.3) is 5.52 Å². The van der Waals surface area contributed by atoms with Gasteiger partial charge in [0.05, 0.1) is 0 Å². The van der Waals surface area contributed by atoms with Gasteiger partial charge in [-0.3, -0.25) is 14.0 Å². The third-order valence-corrected chi connectivity index (χ3v) is 6.55. The maximum absolute atomic E-state index is 13.2. The monoisotopic (exact) mass is 511 g/mol. The van der Waals surface area contributed by atoms with Crippen molar-refractivity contribution in [2.45, 2.75) is 58.5 Å². The van der Waals surface area contributed by atoms with Gasteiger partial charge in [-0.15, -0.1) is 0 Å². The molecule has 0 amide bonds. The fraction of sp³-hybridized carbons (Fsp3) is 0.333. The number of rotatable bonds is 14. The average molecular weight is 512 g/mol. The Kier molecular flexibility index (Phi) is 9.88. The summed E-state index contributed by atoms with van der Waals surface area (Å²) in [6.07, 6.45) is 5.40. The number of nitrogens with zero attached hydrogens (tertiary/aromatic N) is 1. The number of hydrogen-bond donors (Lipinski definition) is 0. The number of pyridine rings is 1. The Balaban J connectivity index is 1.28. The molecule has 2 aromatic heterocycles. The molecule has 5 heteroatoms. The maximum atomic E-state index is 13.2. The summed E-state index contributed by atoms with van der Waals surface area (Å²) in [5, 5.41) is 0. The van der Waals surface area contributed by atoms with E-state index in [-0.39, 0.29) is 24.6 Å². The van der Waals surface area contributed by atoms with E-state index in [0.29, 0.717) is 24.0 Å². The Bertz CT molecular complexity index is 1310. The summed E-state index contributed by atoms with van der Waals surface area (Å²) in [6.45, 7) is 4.93. The smallest absolute Gasteiger partial charge is 0.312 e. The first-order chi connectivity index (χ1) is 18.5. The van der Waals surface area contributed by atoms with Crippen molar-refractivity contribution in [3.63, 3.8) is 0 Å². The van der Waals surface area contributed by atoms with Gasteiger partial charge in [-0.2, -0.15) is 0 Å². The quantitative estimate of drug-likeness (QED) is 0.103. The van der Waals surface area contributed by atoms with E-state index in [2.05, 4.69) is 38.1 Å². The maximum Gasteiger partial charge on any atom is 0.312 e. The second kappa shape index (κ2) is 13.7. The number of benzene rings is 2. The van der Waals surface area contributed by atoms with Gasteiger partial charge in [-0.25, -0.2) is 0 Å². The van der Waals surface area contributed by atoms with Crippen LogP contribution >= 0.6 is 0 Å². The number of Topliss-reactive ketones (excluding diaryl/α,β-unsaturated/α-hetero) is 1. The number of ether oxygens (including phenoxy) is 2. The molecule has 0 aliphatic carbocycles. The first-order valence-electron chi connectivity index (χ1n) is 13.5. The summed E-state index contributed by atoms with van der Waals surface area (Å²) < 4.78 is 13.5. The van der Waals surface area contributed by atoms with E-state index < -0.39 is 6.10 Å². The number of aryl methyl sites for hydroxylation is 1. The molecular formula is C33H37NO4. The third kappa shape index (κ3) is 7.90. The van der Waals surface area contributed by atoms with Crippen LogP contribution in [0.4, 0.5) is 0 Å². The minimum Gasteiger partial charge on any atom is -0.409 e. The van der Waals surface area contributed by atoms with Crippen molar-refractivity contribution in [1.82, 2.24) is 4.40 Å². The molecule has 0 aliphatic rings. The minimum absolute atomic E-state index is 0.0893. The lowest BCUT2D eigenvalue weighted by atomic mass is 10.00. The van der Waals surface area contributed by atoms with E-state index in [1.54, 1.807) is 18.2 Å². The van der Waals surface area contributed by atoms with Gasteiger partial charge >= 0.3 is 5.97 Å². The fourth-order valence-corrected chi connectivity index (χ4v) is 4.58. The van der Waals surface area contributed by atoms with Gasteiger partial charge in [0.15, 0.2) is 5.78 Å². The molecule has 1 unspecified atom stereocenters. The Morgan fingerprint density at radius 3 is 2.32 bits per heavy atom. The van der Waals surface area contributed by atoms with Crippen LogP contribution in [-0.4, -0.2) is 28.9 Å². The van der Waals surface area contributed by atoms with Crippen LogP contribution in [0.2, 0.25) is 0 Å². The van der Waals surface area contributed by atoms with E-state index >= 15 is 0 Å². The summed E-state index contributed by atoms with van der Waals surface area (Å²) in [5.41, 5.74) is 4.22. The number of aromatic nitrogens is 1. The molecule has 0 radical (unpaired) electrons. The molecule has 0 fully saturated rings. The summed E-state index contributed by atoms with van der Waals surface area (Å²) in [6, 6.07) is 27.4. The van der Waals surface area contributed by atoms with Crippen LogP contribution in [-0.2, 0) is 22.4 Å². The van der Waals surface area contributed by atoms with Gasteiger partial charge in [0.2, 0.25) is 5.88 Å². The largest absolute Gasteiger partial charge is 0.409 e. The van der Waals surface area contributed by atoms with Crippen LogP contribution in [0.1, 0.15) is 61.0 Å². The van der Waals surface area contributed by atoms with Gasteiger partial charge < -0.3 is 9.47 Å². The molecule has 4 rings (SSSR count). The van der Waals surface area contributed by atoms with E-state index in [4.69, 9.17) is 9.47 Å². The van der Waals surface area contributed by atoms with Crippen molar-refractivity contribution in [2.75, 3.05) is 6.61 Å². The molecule has 0 N–H and O–H groups in total. The van der Waals surface area contributed by atoms with E-state index in [1.807, 2.05) is 53.1 Å². The highest BCUT2D eigenvalue weighted by molar-refractivity contribution is 5.99. The summed E-state index contributed by atoms with van der Waals surface area (Å²) >= 11 is 0. The average Bonchev–Trinajstić information content (AvgIpc) is 3.33. The van der Waals surface area contributed by atoms with Crippen molar-refractivity contribution in [2.24, 2.45) is 5.92 Å². The second-order valence-corrected chi connectivity index (χ2v) is 10.1. The number of hydrogen-bond acceptors (Lipinski definition) is 4. The summed E-state index contributed by atoms with van der Waals surface area (Å²) in [4.78, 5) is 25.8. The third-order valence-electron chi connectivity index (χ3n) is 6.55. The first-order valence-corrected chi connectivity index (χ1v) is 13.5. The molecule has 0 saturated heterocycles. The highest BCUT2D eigenvalue weighted by Crippen LogP contribution is 2.19. The molecule has 5 nitrogen and oxygen atoms in total. The molecule has 198 valence electrons. The van der Waals surface area contributed by atoms with Crippen LogP contribution in [0.3, 0.4) is 0 Å². The number of unbranched alkanes of at least 4 members (excludes halogenated alkanes) is 1. The Morgan fingerprint density at radius 1 is 0.816 bits per heavy atom. The van der Waals surface area contributed by atoms with Crippen molar-refractivity contribution in [3.8, 4) is 5.88 Å².